The average molecular weight is 172 g/mol. The van der Waals surface area contributed by atoms with Gasteiger partial charge in [0.25, 0.3) is 0 Å². The van der Waals surface area contributed by atoms with Crippen LogP contribution in [0.25, 0.3) is 0 Å². The van der Waals surface area contributed by atoms with Crippen molar-refractivity contribution < 1.29 is 10.0 Å². The van der Waals surface area contributed by atoms with Gasteiger partial charge in [-0.25, -0.2) is 0 Å². The summed E-state index contributed by atoms with van der Waals surface area (Å²) in [5.41, 5.74) is 4.99. The first-order valence-electron chi connectivity index (χ1n) is 2.54. The van der Waals surface area contributed by atoms with Crippen LogP contribution in [-0.2, 0) is 4.79 Å². The van der Waals surface area contributed by atoms with Gasteiger partial charge in [-0.2, -0.15) is 9.36 Å². The molecule has 1 heterocycles. The molecule has 1 aromatic rings. The van der Waals surface area contributed by atoms with E-state index in [2.05, 4.69) is 14.5 Å². The number of carbonyl (C=O) groups excluding carboxylic acids is 1. The molecule has 11 heavy (non-hydrogen) atoms. The Morgan fingerprint density at radius 2 is 2.55 bits per heavy atom. The highest BCUT2D eigenvalue weighted by Gasteiger charge is 2.08. The number of hydrogen-bond donors (Lipinski definition) is 2. The summed E-state index contributed by atoms with van der Waals surface area (Å²) < 4.78 is 3.64. The summed E-state index contributed by atoms with van der Waals surface area (Å²) in [4.78, 5) is 13.8. The Morgan fingerprint density at radius 1 is 1.82 bits per heavy atom. The predicted molar refractivity (Wildman–Crippen MR) is 38.7 cm³/mol. The normalized spacial score (nSPS) is 11.5. The lowest BCUT2D eigenvalue weighted by atomic mass is 10.4. The van der Waals surface area contributed by atoms with Gasteiger partial charge in [0.1, 0.15) is 0 Å². The Labute approximate surface area is 65.5 Å². The molecule has 0 aromatic carbocycles. The molecular weight excluding hydrogens is 168 g/mol. The fourth-order valence-corrected chi connectivity index (χ4v) is 0.902. The molecule has 3 N–H and O–H groups in total. The van der Waals surface area contributed by atoms with Gasteiger partial charge in [0.2, 0.25) is 0 Å². The number of hydrogen-bond acceptors (Lipinski definition) is 7. The minimum Gasteiger partial charge on any atom is -0.410 e. The van der Waals surface area contributed by atoms with E-state index in [1.165, 1.54) is 0 Å². The molecule has 1 rings (SSSR count). The Hall–Kier alpha value is -1.50. The lowest BCUT2D eigenvalue weighted by Gasteiger charge is -1.83. The highest BCUT2D eigenvalue weighted by Crippen LogP contribution is 2.05. The van der Waals surface area contributed by atoms with E-state index in [0.717, 1.165) is 11.5 Å². The molecule has 0 unspecified atom stereocenters. The van der Waals surface area contributed by atoms with Crippen molar-refractivity contribution in [1.82, 2.24) is 9.36 Å². The number of carbonyl (C=O) groups is 1. The third-order valence-electron chi connectivity index (χ3n) is 0.890. The van der Waals surface area contributed by atoms with Crippen LogP contribution in [-0.4, -0.2) is 26.6 Å². The quantitative estimate of drug-likeness (QED) is 0.271. The number of nitrogens with zero attached hydrogens (tertiary/aromatic N) is 3. The molecule has 6 nitrogen and oxygen atoms in total. The first kappa shape index (κ1) is 7.61. The topological polar surface area (TPSA) is 101 Å². The number of nitrogen functional groups attached to an aromatic ring is 1. The molecule has 58 valence electrons. The Kier molecular flexibility index (Phi) is 2.12. The molecule has 0 radical (unpaired) electrons. The van der Waals surface area contributed by atoms with Crippen molar-refractivity contribution in [2.45, 2.75) is 0 Å². The highest BCUT2D eigenvalue weighted by molar-refractivity contribution is 7.09. The molecular formula is C4H4N4O2S. The number of aldehydes is 1. The Balaban J connectivity index is 3.00. The Bertz CT molecular complexity index is 294. The molecule has 0 spiro atoms. The summed E-state index contributed by atoms with van der Waals surface area (Å²) in [6.07, 6.45) is 0.349. The molecule has 0 bridgehead atoms. The van der Waals surface area contributed by atoms with Crippen LogP contribution in [0.1, 0.15) is 5.82 Å². The van der Waals surface area contributed by atoms with Gasteiger partial charge in [0.15, 0.2) is 23.0 Å². The first-order valence-corrected chi connectivity index (χ1v) is 3.32. The second-order valence-electron chi connectivity index (χ2n) is 1.56. The fraction of sp³-hybridized carbons (Fsp3) is 0. The van der Waals surface area contributed by atoms with E-state index in [0.29, 0.717) is 6.29 Å². The van der Waals surface area contributed by atoms with Gasteiger partial charge < -0.3 is 10.9 Å². The molecule has 0 saturated carbocycles. The Morgan fingerprint density at radius 3 is 2.91 bits per heavy atom. The zero-order valence-corrected chi connectivity index (χ0v) is 6.08. The van der Waals surface area contributed by atoms with Crippen molar-refractivity contribution in [3.05, 3.63) is 5.82 Å². The predicted octanol–water partition coefficient (Wildman–Crippen LogP) is -0.503. The SMILES string of the molecule is Nc1nc(C(C=O)=NO)ns1. The van der Waals surface area contributed by atoms with Crippen LogP contribution in [0.4, 0.5) is 5.13 Å². The van der Waals surface area contributed by atoms with Gasteiger partial charge in [0.05, 0.1) is 0 Å². The van der Waals surface area contributed by atoms with Crippen molar-refractivity contribution in [3.8, 4) is 0 Å². The second-order valence-corrected chi connectivity index (χ2v) is 2.34. The lowest BCUT2D eigenvalue weighted by Crippen LogP contribution is -2.04. The van der Waals surface area contributed by atoms with Gasteiger partial charge in [-0.3, -0.25) is 4.79 Å². The van der Waals surface area contributed by atoms with Crippen LogP contribution in [0.3, 0.4) is 0 Å². The molecule has 0 saturated heterocycles. The number of rotatable bonds is 2. The largest absolute Gasteiger partial charge is 0.410 e. The van der Waals surface area contributed by atoms with Crippen LogP contribution in [0.2, 0.25) is 0 Å². The third-order valence-corrected chi connectivity index (χ3v) is 1.43. The maximum Gasteiger partial charge on any atom is 0.200 e. The van der Waals surface area contributed by atoms with E-state index in [1.807, 2.05) is 0 Å². The second kappa shape index (κ2) is 3.06. The minimum atomic E-state index is -0.224. The summed E-state index contributed by atoms with van der Waals surface area (Å²) in [5.74, 6) is 0.0463. The van der Waals surface area contributed by atoms with E-state index in [9.17, 15) is 4.79 Å². The number of anilines is 1. The van der Waals surface area contributed by atoms with Crippen molar-refractivity contribution in [2.24, 2.45) is 5.16 Å². The van der Waals surface area contributed by atoms with Crippen LogP contribution >= 0.6 is 11.5 Å². The summed E-state index contributed by atoms with van der Waals surface area (Å²) in [5, 5.41) is 11.1. The number of aromatic nitrogens is 2. The van der Waals surface area contributed by atoms with Crippen LogP contribution < -0.4 is 5.73 Å². The molecule has 1 aromatic heterocycles. The third kappa shape index (κ3) is 1.49. The molecule has 0 fully saturated rings. The fourth-order valence-electron chi connectivity index (χ4n) is 0.460. The summed E-state index contributed by atoms with van der Waals surface area (Å²) in [7, 11) is 0. The zero-order chi connectivity index (χ0) is 8.27. The van der Waals surface area contributed by atoms with E-state index >= 15 is 0 Å². The van der Waals surface area contributed by atoms with E-state index < -0.39 is 0 Å². The van der Waals surface area contributed by atoms with Gasteiger partial charge in [0, 0.05) is 11.5 Å². The lowest BCUT2D eigenvalue weighted by molar-refractivity contribution is -0.102. The maximum absolute atomic E-state index is 10.1. The van der Waals surface area contributed by atoms with Gasteiger partial charge in [-0.05, 0) is 0 Å². The average Bonchev–Trinajstić information content (AvgIpc) is 2.39. The molecule has 0 aliphatic heterocycles. The van der Waals surface area contributed by atoms with E-state index in [1.54, 1.807) is 0 Å². The summed E-state index contributed by atoms with van der Waals surface area (Å²) in [6, 6.07) is 0. The summed E-state index contributed by atoms with van der Waals surface area (Å²) >= 11 is 0.929. The highest BCUT2D eigenvalue weighted by atomic mass is 32.1. The smallest absolute Gasteiger partial charge is 0.200 e. The monoisotopic (exact) mass is 172 g/mol. The van der Waals surface area contributed by atoms with Crippen molar-refractivity contribution in [1.29, 1.82) is 0 Å². The molecule has 7 heteroatoms. The first-order chi connectivity index (χ1) is 5.27. The standard InChI is InChI=1S/C4H4N4O2S/c5-4-6-3(8-11-4)2(1-9)7-10/h1,10H,(H2,5,6,8). The van der Waals surface area contributed by atoms with Crippen molar-refractivity contribution >= 4 is 28.7 Å². The van der Waals surface area contributed by atoms with E-state index in [4.69, 9.17) is 10.9 Å². The number of oxime groups is 1. The number of nitrogens with two attached hydrogens (primary N) is 1. The molecule has 0 aliphatic carbocycles. The van der Waals surface area contributed by atoms with Crippen LogP contribution in [0, 0.1) is 0 Å². The van der Waals surface area contributed by atoms with Gasteiger partial charge in [-0.1, -0.05) is 5.16 Å². The summed E-state index contributed by atoms with van der Waals surface area (Å²) in [6.45, 7) is 0. The van der Waals surface area contributed by atoms with Crippen LogP contribution in [0.5, 0.6) is 0 Å². The van der Waals surface area contributed by atoms with Crippen molar-refractivity contribution in [3.63, 3.8) is 0 Å². The maximum atomic E-state index is 10.1. The minimum absolute atomic E-state index is 0.0463. The zero-order valence-electron chi connectivity index (χ0n) is 5.26. The van der Waals surface area contributed by atoms with Crippen molar-refractivity contribution in [2.75, 3.05) is 5.73 Å². The molecule has 0 amide bonds. The van der Waals surface area contributed by atoms with Gasteiger partial charge in [-0.15, -0.1) is 0 Å². The van der Waals surface area contributed by atoms with Gasteiger partial charge >= 0.3 is 0 Å². The van der Waals surface area contributed by atoms with Crippen LogP contribution in [0.15, 0.2) is 5.16 Å². The molecule has 0 atom stereocenters. The molecule has 0 aliphatic rings. The van der Waals surface area contributed by atoms with E-state index in [-0.39, 0.29) is 16.7 Å².